The molecule has 0 spiro atoms. The highest BCUT2D eigenvalue weighted by molar-refractivity contribution is 6.00. The van der Waals surface area contributed by atoms with E-state index in [-0.39, 0.29) is 126 Å². The Labute approximate surface area is 518 Å². The van der Waals surface area contributed by atoms with Crippen LogP contribution >= 0.6 is 0 Å². The minimum Gasteiger partial charge on any atom is -0.481 e. The summed E-state index contributed by atoms with van der Waals surface area (Å²) in [7, 11) is 0. The van der Waals surface area contributed by atoms with Crippen LogP contribution < -0.4 is 38.9 Å². The second-order valence-corrected chi connectivity index (χ2v) is 25.9. The molecule has 0 unspecified atom stereocenters. The number of rotatable bonds is 41. The van der Waals surface area contributed by atoms with E-state index >= 15 is 4.79 Å². The van der Waals surface area contributed by atoms with Crippen LogP contribution in [0.2, 0.25) is 0 Å². The van der Waals surface area contributed by atoms with Crippen LogP contribution in [0.5, 0.6) is 0 Å². The van der Waals surface area contributed by atoms with Gasteiger partial charge in [0.05, 0.1) is 29.6 Å². The van der Waals surface area contributed by atoms with Crippen molar-refractivity contribution in [1.29, 1.82) is 0 Å². The fourth-order valence-corrected chi connectivity index (χ4v) is 12.1. The standard InChI is InChI=1S/C64H100N10O14/c1-40(75)63(2,3)39-54(79)49(16-9-10-24-65)71-59(85)47(38-56(66)81)37-55(80)64(4,5)73-60(86)46(31-41-13-7-6-8-14-41)36-52(77)50(33-42-20-26-69-27-21-42)72-58(84)44(15-11-25-70-62(67)68)35-53(78)51-17-12-28-74(51)61(87)45(18-19-57(82)83)34-48(76)32-43-22-29-88-30-23-43/h20-21,26-27,41,43-47,49-51H,6-19,22-25,28-39,65H2,1-5H3,(H2,66,81)(H,71,85)(H,72,84)(H,73,86)(H,82,83)(H4,67,68,70)/t44-,45-,46-,47+,49+,50+,51-/m1/s1. The van der Waals surface area contributed by atoms with Crippen LogP contribution in [0, 0.1) is 40.9 Å². The van der Waals surface area contributed by atoms with Crippen molar-refractivity contribution in [1.82, 2.24) is 25.8 Å². The van der Waals surface area contributed by atoms with E-state index in [0.717, 1.165) is 32.1 Å². The number of amides is 5. The zero-order valence-electron chi connectivity index (χ0n) is 52.6. The zero-order chi connectivity index (χ0) is 65.1. The largest absolute Gasteiger partial charge is 0.481 e. The lowest BCUT2D eigenvalue weighted by Gasteiger charge is -2.32. The molecule has 7 atom stereocenters. The van der Waals surface area contributed by atoms with Crippen molar-refractivity contribution in [3.05, 3.63) is 30.1 Å². The van der Waals surface area contributed by atoms with Gasteiger partial charge in [-0.05, 0) is 134 Å². The predicted octanol–water partition coefficient (Wildman–Crippen LogP) is 4.07. The molecule has 1 aromatic heterocycles. The number of nitrogens with one attached hydrogen (secondary N) is 3. The lowest BCUT2D eigenvalue weighted by atomic mass is 9.79. The highest BCUT2D eigenvalue weighted by Crippen LogP contribution is 2.33. The summed E-state index contributed by atoms with van der Waals surface area (Å²) in [5.41, 5.74) is 20.5. The van der Waals surface area contributed by atoms with Crippen molar-refractivity contribution in [2.24, 2.45) is 68.8 Å². The maximum Gasteiger partial charge on any atom is 0.303 e. The van der Waals surface area contributed by atoms with Crippen molar-refractivity contribution < 1.29 is 67.4 Å². The van der Waals surface area contributed by atoms with E-state index < -0.39 is 124 Å². The van der Waals surface area contributed by atoms with Gasteiger partial charge in [0.2, 0.25) is 29.5 Å². The number of Topliss-reactive ketones (excluding diaryl/α,β-unsaturated/α-hetero) is 6. The van der Waals surface area contributed by atoms with Gasteiger partial charge in [-0.2, -0.15) is 0 Å². The van der Waals surface area contributed by atoms with Crippen LogP contribution in [0.3, 0.4) is 0 Å². The third kappa shape index (κ3) is 25.3. The number of nitrogens with zero attached hydrogens (tertiary/aromatic N) is 3. The van der Waals surface area contributed by atoms with E-state index in [1.165, 1.54) is 38.1 Å². The first-order valence-corrected chi connectivity index (χ1v) is 31.7. The number of aliphatic imine (C=N–C) groups is 1. The van der Waals surface area contributed by atoms with Gasteiger partial charge in [0.15, 0.2) is 29.1 Å². The Balaban J connectivity index is 1.60. The smallest absolute Gasteiger partial charge is 0.303 e. The minimum atomic E-state index is -1.67. The van der Waals surface area contributed by atoms with Crippen LogP contribution in [0.4, 0.5) is 0 Å². The second kappa shape index (κ2) is 36.6. The van der Waals surface area contributed by atoms with E-state index in [2.05, 4.69) is 25.9 Å². The van der Waals surface area contributed by atoms with Gasteiger partial charge in [-0.15, -0.1) is 0 Å². The Morgan fingerprint density at radius 3 is 1.99 bits per heavy atom. The molecule has 0 aromatic carbocycles. The number of likely N-dealkylation sites (tertiary alicyclic amines) is 1. The Morgan fingerprint density at radius 2 is 1.36 bits per heavy atom. The van der Waals surface area contributed by atoms with Crippen molar-refractivity contribution in [3.8, 4) is 0 Å². The molecule has 24 nitrogen and oxygen atoms in total. The molecular weight excluding hydrogens is 1130 g/mol. The first-order valence-electron chi connectivity index (χ1n) is 31.7. The molecular formula is C64H100N10O14. The quantitative estimate of drug-likeness (QED) is 0.0260. The van der Waals surface area contributed by atoms with E-state index in [1.807, 2.05) is 0 Å². The molecule has 3 aliphatic rings. The highest BCUT2D eigenvalue weighted by atomic mass is 16.5. The van der Waals surface area contributed by atoms with Gasteiger partial charge in [-0.25, -0.2) is 0 Å². The fraction of sp³-hybridized carbons (Fsp3) is 0.719. The number of primary amides is 1. The summed E-state index contributed by atoms with van der Waals surface area (Å²) in [6.45, 7) is 9.21. The summed E-state index contributed by atoms with van der Waals surface area (Å²) in [6, 6.07) is 0.0915. The molecule has 0 bridgehead atoms. The Morgan fingerprint density at radius 1 is 0.705 bits per heavy atom. The monoisotopic (exact) mass is 1230 g/mol. The number of aromatic nitrogens is 1. The maximum absolute atomic E-state index is 15.0. The maximum atomic E-state index is 15.0. The molecule has 0 radical (unpaired) electrons. The molecule has 5 amide bonds. The second-order valence-electron chi connectivity index (χ2n) is 25.9. The average molecular weight is 1230 g/mol. The number of ether oxygens (including phenoxy) is 1. The number of hydrogen-bond donors (Lipinski definition) is 8. The number of carbonyl (C=O) groups is 12. The molecule has 2 saturated heterocycles. The minimum absolute atomic E-state index is 0.0311. The van der Waals surface area contributed by atoms with Gasteiger partial charge in [0.1, 0.15) is 11.6 Å². The fourth-order valence-electron chi connectivity index (χ4n) is 12.1. The molecule has 88 heavy (non-hydrogen) atoms. The average Bonchev–Trinajstić information content (AvgIpc) is 2.10. The number of ketones is 6. The topological polar surface area (TPSA) is 403 Å². The normalized spacial score (nSPS) is 17.9. The van der Waals surface area contributed by atoms with Gasteiger partial charge >= 0.3 is 5.97 Å². The Bertz CT molecular complexity index is 2590. The number of pyridine rings is 1. The van der Waals surface area contributed by atoms with E-state index in [9.17, 15) is 57.8 Å². The lowest BCUT2D eigenvalue weighted by molar-refractivity contribution is -0.144. The van der Waals surface area contributed by atoms with Crippen LogP contribution in [-0.2, 0) is 68.7 Å². The summed E-state index contributed by atoms with van der Waals surface area (Å²) < 4.78 is 5.43. The Hall–Kier alpha value is -6.82. The highest BCUT2D eigenvalue weighted by Gasteiger charge is 2.42. The first kappa shape index (κ1) is 73.6. The summed E-state index contributed by atoms with van der Waals surface area (Å²) in [5, 5.41) is 18.1. The molecule has 1 aliphatic carbocycles. The van der Waals surface area contributed by atoms with Crippen molar-refractivity contribution in [2.75, 3.05) is 32.8 Å². The van der Waals surface area contributed by atoms with E-state index in [1.54, 1.807) is 26.0 Å². The SMILES string of the molecule is CC(=O)C(C)(C)CC(=O)[C@H](CCCCN)NC(=O)[C@H](CC(N)=O)CC(=O)C(C)(C)NC(=O)[C@@H](CC(=O)[C@H](Cc1ccncc1)NC(=O)[C@H](CCCN=C(N)N)CC(=O)[C@H]1CCCN1C(=O)[C@H](CCC(=O)O)CC(=O)CC1CCOCC1)CC1CCCCC1. The molecule has 3 fully saturated rings. The summed E-state index contributed by atoms with van der Waals surface area (Å²) in [6.07, 6.45) is 8.93. The zero-order valence-corrected chi connectivity index (χ0v) is 52.6. The van der Waals surface area contributed by atoms with Crippen LogP contribution in [0.25, 0.3) is 0 Å². The van der Waals surface area contributed by atoms with Crippen molar-refractivity contribution in [3.63, 3.8) is 0 Å². The third-order valence-electron chi connectivity index (χ3n) is 17.8. The van der Waals surface area contributed by atoms with Crippen LogP contribution in [0.1, 0.15) is 194 Å². The van der Waals surface area contributed by atoms with Crippen molar-refractivity contribution in [2.45, 2.75) is 219 Å². The molecule has 12 N–H and O–H groups in total. The number of carboxylic acid groups (broad SMARTS) is 1. The van der Waals surface area contributed by atoms with Crippen molar-refractivity contribution >= 4 is 76.2 Å². The molecule has 490 valence electrons. The van der Waals surface area contributed by atoms with Gasteiger partial charge < -0.3 is 53.6 Å². The summed E-state index contributed by atoms with van der Waals surface area (Å²) >= 11 is 0. The molecule has 1 aromatic rings. The molecule has 2 aliphatic heterocycles. The number of nitrogens with two attached hydrogens (primary N) is 4. The molecule has 24 heteroatoms. The number of carboxylic acids is 1. The third-order valence-corrected chi connectivity index (χ3v) is 17.8. The Kier molecular flexibility index (Phi) is 30.6. The first-order chi connectivity index (χ1) is 41.6. The number of aliphatic carboxylic acids is 1. The number of hydrogen-bond acceptors (Lipinski definition) is 16. The van der Waals surface area contributed by atoms with Gasteiger partial charge in [-0.1, -0.05) is 46.0 Å². The van der Waals surface area contributed by atoms with E-state index in [4.69, 9.17) is 27.7 Å². The van der Waals surface area contributed by atoms with Gasteiger partial charge in [0, 0.05) is 113 Å². The number of carbonyl (C=O) groups excluding carboxylic acids is 11. The van der Waals surface area contributed by atoms with Gasteiger partial charge in [-0.3, -0.25) is 67.5 Å². The lowest BCUT2D eigenvalue weighted by Crippen LogP contribution is -2.54. The summed E-state index contributed by atoms with van der Waals surface area (Å²) in [4.78, 5) is 175. The van der Waals surface area contributed by atoms with Crippen LogP contribution in [-0.4, -0.2) is 148 Å². The summed E-state index contributed by atoms with van der Waals surface area (Å²) in [5.74, 6) is -11.4. The number of guanidine groups is 1. The molecule has 4 rings (SSSR count). The number of unbranched alkanes of at least 4 members (excludes halogenated alkanes) is 1. The van der Waals surface area contributed by atoms with E-state index in [0.29, 0.717) is 57.4 Å². The van der Waals surface area contributed by atoms with Gasteiger partial charge in [0.25, 0.3) is 0 Å². The molecule has 3 heterocycles. The van der Waals surface area contributed by atoms with Crippen LogP contribution in [0.15, 0.2) is 29.5 Å². The predicted molar refractivity (Wildman–Crippen MR) is 328 cm³/mol. The molecule has 1 saturated carbocycles.